The molecule has 18 heavy (non-hydrogen) atoms. The van der Waals surface area contributed by atoms with Crippen LogP contribution in [0.25, 0.3) is 10.9 Å². The van der Waals surface area contributed by atoms with E-state index in [9.17, 15) is 9.59 Å². The summed E-state index contributed by atoms with van der Waals surface area (Å²) in [6, 6.07) is 6.59. The van der Waals surface area contributed by atoms with E-state index in [1.165, 1.54) is 24.7 Å². The number of methoxy groups -OCH3 is 1. The van der Waals surface area contributed by atoms with Crippen LogP contribution >= 0.6 is 0 Å². The summed E-state index contributed by atoms with van der Waals surface area (Å²) < 4.78 is 11.7. The summed E-state index contributed by atoms with van der Waals surface area (Å²) in [4.78, 5) is 22.9. The Morgan fingerprint density at radius 2 is 2.00 bits per heavy atom. The fourth-order valence-electron chi connectivity index (χ4n) is 1.87. The zero-order valence-electron chi connectivity index (χ0n) is 10.4. The molecule has 94 valence electrons. The van der Waals surface area contributed by atoms with Crippen molar-refractivity contribution in [1.29, 1.82) is 0 Å². The summed E-state index contributed by atoms with van der Waals surface area (Å²) in [6.45, 7) is 1.32. The number of para-hydroxylation sites is 1. The predicted molar refractivity (Wildman–Crippen MR) is 67.1 cm³/mol. The minimum absolute atomic E-state index is 0.223. The molecule has 0 N–H and O–H groups in total. The molecule has 0 spiro atoms. The van der Waals surface area contributed by atoms with Gasteiger partial charge in [0.15, 0.2) is 5.75 Å². The van der Waals surface area contributed by atoms with Gasteiger partial charge in [0.05, 0.1) is 12.6 Å². The van der Waals surface area contributed by atoms with Gasteiger partial charge in [0.2, 0.25) is 0 Å². The molecule has 0 amide bonds. The number of aryl methyl sites for hydroxylation is 1. The molecule has 0 saturated carbocycles. The number of esters is 1. The number of carbonyl (C=O) groups excluding carboxylic acids is 1. The zero-order chi connectivity index (χ0) is 13.3. The number of hydrogen-bond acceptors (Lipinski definition) is 4. The van der Waals surface area contributed by atoms with Crippen LogP contribution in [0.4, 0.5) is 0 Å². The maximum absolute atomic E-state index is 11.8. The van der Waals surface area contributed by atoms with Crippen molar-refractivity contribution in [2.45, 2.75) is 6.92 Å². The molecule has 5 heteroatoms. The lowest BCUT2D eigenvalue weighted by atomic mass is 10.2. The van der Waals surface area contributed by atoms with Crippen LogP contribution in [0.1, 0.15) is 6.92 Å². The van der Waals surface area contributed by atoms with Crippen molar-refractivity contribution in [3.05, 3.63) is 34.6 Å². The van der Waals surface area contributed by atoms with E-state index in [1.807, 2.05) is 0 Å². The Bertz CT molecular complexity index is 672. The molecule has 1 aromatic carbocycles. The Morgan fingerprint density at radius 1 is 1.28 bits per heavy atom. The molecule has 0 unspecified atom stereocenters. The van der Waals surface area contributed by atoms with Crippen LogP contribution < -0.4 is 15.0 Å². The minimum Gasteiger partial charge on any atom is -0.496 e. The van der Waals surface area contributed by atoms with Crippen LogP contribution in [-0.4, -0.2) is 17.6 Å². The molecule has 0 aliphatic carbocycles. The Hall–Kier alpha value is -2.30. The SMILES string of the molecule is COc1cc(=O)n(C)c2c(OC(C)=O)cccc12. The van der Waals surface area contributed by atoms with Gasteiger partial charge in [-0.2, -0.15) is 0 Å². The number of benzene rings is 1. The number of nitrogens with zero attached hydrogens (tertiary/aromatic N) is 1. The van der Waals surface area contributed by atoms with E-state index < -0.39 is 5.97 Å². The average Bonchev–Trinajstić information content (AvgIpc) is 2.33. The first-order valence-electron chi connectivity index (χ1n) is 5.39. The number of aromatic nitrogens is 1. The van der Waals surface area contributed by atoms with Crippen molar-refractivity contribution in [3.63, 3.8) is 0 Å². The summed E-state index contributed by atoms with van der Waals surface area (Å²) in [5.74, 6) is 0.373. The molecule has 2 aromatic rings. The third kappa shape index (κ3) is 1.95. The Kier molecular flexibility index (Phi) is 3.06. The maximum atomic E-state index is 11.8. The topological polar surface area (TPSA) is 57.5 Å². The van der Waals surface area contributed by atoms with Crippen molar-refractivity contribution in [3.8, 4) is 11.5 Å². The first-order valence-corrected chi connectivity index (χ1v) is 5.39. The second-order valence-corrected chi connectivity index (χ2v) is 3.86. The fourth-order valence-corrected chi connectivity index (χ4v) is 1.87. The average molecular weight is 247 g/mol. The van der Waals surface area contributed by atoms with Gasteiger partial charge in [-0.05, 0) is 12.1 Å². The molecule has 1 heterocycles. The van der Waals surface area contributed by atoms with E-state index in [0.717, 1.165) is 5.39 Å². The van der Waals surface area contributed by atoms with Gasteiger partial charge >= 0.3 is 5.97 Å². The summed E-state index contributed by atoms with van der Waals surface area (Å²) >= 11 is 0. The predicted octanol–water partition coefficient (Wildman–Crippen LogP) is 1.47. The van der Waals surface area contributed by atoms with Crippen LogP contribution in [0.2, 0.25) is 0 Å². The lowest BCUT2D eigenvalue weighted by Crippen LogP contribution is -2.17. The van der Waals surface area contributed by atoms with E-state index in [-0.39, 0.29) is 5.56 Å². The highest BCUT2D eigenvalue weighted by atomic mass is 16.5. The van der Waals surface area contributed by atoms with Gasteiger partial charge in [0.1, 0.15) is 5.75 Å². The molecule has 0 aliphatic rings. The van der Waals surface area contributed by atoms with Gasteiger partial charge in [-0.3, -0.25) is 9.59 Å². The number of fused-ring (bicyclic) bond motifs is 1. The van der Waals surface area contributed by atoms with E-state index in [2.05, 4.69) is 0 Å². The summed E-state index contributed by atoms with van der Waals surface area (Å²) in [6.07, 6.45) is 0. The van der Waals surface area contributed by atoms with Crippen LogP contribution in [0.3, 0.4) is 0 Å². The molecule has 0 saturated heterocycles. The van der Waals surface area contributed by atoms with Crippen molar-refractivity contribution in [2.75, 3.05) is 7.11 Å². The second-order valence-electron chi connectivity index (χ2n) is 3.86. The molecule has 1 aromatic heterocycles. The first kappa shape index (κ1) is 12.2. The van der Waals surface area contributed by atoms with Crippen LogP contribution in [-0.2, 0) is 11.8 Å². The van der Waals surface area contributed by atoms with Crippen molar-refractivity contribution < 1.29 is 14.3 Å². The molecule has 0 aliphatic heterocycles. The molecule has 2 rings (SSSR count). The van der Waals surface area contributed by atoms with Gasteiger partial charge in [-0.15, -0.1) is 0 Å². The minimum atomic E-state index is -0.433. The third-order valence-corrected chi connectivity index (χ3v) is 2.66. The van der Waals surface area contributed by atoms with Crippen LogP contribution in [0, 0.1) is 0 Å². The number of pyridine rings is 1. The summed E-state index contributed by atoms with van der Waals surface area (Å²) in [7, 11) is 3.11. The Morgan fingerprint density at radius 3 is 2.61 bits per heavy atom. The highest BCUT2D eigenvalue weighted by molar-refractivity contribution is 5.91. The summed E-state index contributed by atoms with van der Waals surface area (Å²) in [5.41, 5.74) is 0.316. The zero-order valence-corrected chi connectivity index (χ0v) is 10.4. The molecule has 0 fully saturated rings. The van der Waals surface area contributed by atoms with E-state index in [0.29, 0.717) is 17.0 Å². The quantitative estimate of drug-likeness (QED) is 0.595. The number of carbonyl (C=O) groups is 1. The van der Waals surface area contributed by atoms with Gasteiger partial charge < -0.3 is 14.0 Å². The standard InChI is InChI=1S/C13H13NO4/c1-8(15)18-10-6-4-5-9-11(17-3)7-12(16)14(2)13(9)10/h4-7H,1-3H3. The van der Waals surface area contributed by atoms with E-state index in [1.54, 1.807) is 25.2 Å². The summed E-state index contributed by atoms with van der Waals surface area (Å²) in [5, 5.41) is 0.721. The normalized spacial score (nSPS) is 10.4. The van der Waals surface area contributed by atoms with E-state index >= 15 is 0 Å². The highest BCUT2D eigenvalue weighted by Crippen LogP contribution is 2.30. The lowest BCUT2D eigenvalue weighted by molar-refractivity contribution is -0.131. The molecule has 0 bridgehead atoms. The van der Waals surface area contributed by atoms with Crippen LogP contribution in [0.15, 0.2) is 29.1 Å². The lowest BCUT2D eigenvalue weighted by Gasteiger charge is -2.12. The first-order chi connectivity index (χ1) is 8.54. The van der Waals surface area contributed by atoms with Crippen molar-refractivity contribution in [1.82, 2.24) is 4.57 Å². The second kappa shape index (κ2) is 4.52. The molecular weight excluding hydrogens is 234 g/mol. The largest absolute Gasteiger partial charge is 0.496 e. The Balaban J connectivity index is 2.86. The van der Waals surface area contributed by atoms with Gasteiger partial charge in [-0.25, -0.2) is 0 Å². The molecule has 5 nitrogen and oxygen atoms in total. The number of rotatable bonds is 2. The van der Waals surface area contributed by atoms with Gasteiger partial charge in [0.25, 0.3) is 5.56 Å². The van der Waals surface area contributed by atoms with E-state index in [4.69, 9.17) is 9.47 Å². The molecule has 0 atom stereocenters. The number of ether oxygens (including phenoxy) is 2. The monoisotopic (exact) mass is 247 g/mol. The van der Waals surface area contributed by atoms with Crippen molar-refractivity contribution >= 4 is 16.9 Å². The van der Waals surface area contributed by atoms with Gasteiger partial charge in [0, 0.05) is 25.4 Å². The fraction of sp³-hybridized carbons (Fsp3) is 0.231. The third-order valence-electron chi connectivity index (χ3n) is 2.66. The van der Waals surface area contributed by atoms with Gasteiger partial charge in [-0.1, -0.05) is 6.07 Å². The molecule has 0 radical (unpaired) electrons. The highest BCUT2D eigenvalue weighted by Gasteiger charge is 2.12. The maximum Gasteiger partial charge on any atom is 0.308 e. The smallest absolute Gasteiger partial charge is 0.308 e. The molecular formula is C13H13NO4. The van der Waals surface area contributed by atoms with Crippen molar-refractivity contribution in [2.24, 2.45) is 7.05 Å². The number of hydrogen-bond donors (Lipinski definition) is 0. The van der Waals surface area contributed by atoms with Crippen LogP contribution in [0.5, 0.6) is 11.5 Å². The Labute approximate surface area is 104 Å².